The highest BCUT2D eigenvalue weighted by molar-refractivity contribution is 5.77. The maximum atomic E-state index is 13.7. The molecule has 1 aromatic rings. The van der Waals surface area contributed by atoms with Gasteiger partial charge in [0.25, 0.3) is 0 Å². The van der Waals surface area contributed by atoms with E-state index in [1.54, 1.807) is 0 Å². The summed E-state index contributed by atoms with van der Waals surface area (Å²) in [5, 5.41) is 0. The topological polar surface area (TPSA) is 52.6 Å². The Bertz CT molecular complexity index is 674. The molecule has 176 valence electrons. The molecule has 0 bridgehead atoms. The van der Waals surface area contributed by atoms with Gasteiger partial charge in [0.15, 0.2) is 0 Å². The molecule has 0 saturated carbocycles. The van der Waals surface area contributed by atoms with Crippen LogP contribution in [0.2, 0.25) is 0 Å². The Kier molecular flexibility index (Phi) is 12.9. The van der Waals surface area contributed by atoms with Gasteiger partial charge >= 0.3 is 18.1 Å². The standard InChI is InChI=1S/C23H32F4O4/c1-2-3-4-5-6-7-8-9-10-16-30-21(28)14-15-22(29)31-17-18-19(23(25,26)27)12-11-13-20(18)24/h11-13H,2-10,14-17H2,1H3. The number of hydrogen-bond donors (Lipinski definition) is 0. The van der Waals surface area contributed by atoms with Gasteiger partial charge in [0.2, 0.25) is 0 Å². The molecule has 0 saturated heterocycles. The number of alkyl halides is 3. The number of esters is 2. The van der Waals surface area contributed by atoms with E-state index < -0.39 is 41.7 Å². The lowest BCUT2D eigenvalue weighted by Crippen LogP contribution is -2.15. The lowest BCUT2D eigenvalue weighted by Gasteiger charge is -2.13. The number of halogens is 4. The molecule has 1 aromatic carbocycles. The van der Waals surface area contributed by atoms with E-state index in [4.69, 9.17) is 9.47 Å². The molecule has 0 fully saturated rings. The summed E-state index contributed by atoms with van der Waals surface area (Å²) in [6.45, 7) is 1.60. The van der Waals surface area contributed by atoms with Crippen LogP contribution < -0.4 is 0 Å². The summed E-state index contributed by atoms with van der Waals surface area (Å²) >= 11 is 0. The zero-order valence-corrected chi connectivity index (χ0v) is 18.1. The molecule has 0 aliphatic carbocycles. The monoisotopic (exact) mass is 448 g/mol. The van der Waals surface area contributed by atoms with Crippen LogP contribution in [-0.2, 0) is 31.8 Å². The zero-order chi connectivity index (χ0) is 23.1. The van der Waals surface area contributed by atoms with Crippen molar-refractivity contribution >= 4 is 11.9 Å². The Morgan fingerprint density at radius 2 is 1.39 bits per heavy atom. The summed E-state index contributed by atoms with van der Waals surface area (Å²) in [5.74, 6) is -2.57. The predicted molar refractivity (Wildman–Crippen MR) is 109 cm³/mol. The fraction of sp³-hybridized carbons (Fsp3) is 0.652. The molecule has 0 radical (unpaired) electrons. The number of carbonyl (C=O) groups excluding carboxylic acids is 2. The molecule has 31 heavy (non-hydrogen) atoms. The second kappa shape index (κ2) is 14.8. The van der Waals surface area contributed by atoms with Gasteiger partial charge in [-0.1, -0.05) is 64.4 Å². The van der Waals surface area contributed by atoms with Gasteiger partial charge < -0.3 is 9.47 Å². The van der Waals surface area contributed by atoms with Gasteiger partial charge in [-0.15, -0.1) is 0 Å². The minimum absolute atomic E-state index is 0.236. The summed E-state index contributed by atoms with van der Waals surface area (Å²) in [7, 11) is 0. The number of rotatable bonds is 15. The van der Waals surface area contributed by atoms with E-state index in [0.29, 0.717) is 0 Å². The predicted octanol–water partition coefficient (Wildman–Crippen LogP) is 6.74. The van der Waals surface area contributed by atoms with Crippen LogP contribution in [0.5, 0.6) is 0 Å². The van der Waals surface area contributed by atoms with Gasteiger partial charge in [-0.3, -0.25) is 9.59 Å². The Morgan fingerprint density at radius 1 is 0.839 bits per heavy atom. The van der Waals surface area contributed by atoms with Crippen molar-refractivity contribution < 1.29 is 36.6 Å². The highest BCUT2D eigenvalue weighted by Crippen LogP contribution is 2.33. The van der Waals surface area contributed by atoms with Gasteiger partial charge in [0, 0.05) is 5.56 Å². The molecule has 1 rings (SSSR count). The smallest absolute Gasteiger partial charge is 0.416 e. The molecule has 0 aliphatic rings. The first kappa shape index (κ1) is 26.9. The van der Waals surface area contributed by atoms with Crippen LogP contribution >= 0.6 is 0 Å². The van der Waals surface area contributed by atoms with Crippen LogP contribution in [0.1, 0.15) is 88.7 Å². The first-order valence-corrected chi connectivity index (χ1v) is 10.9. The molecule has 0 heterocycles. The van der Waals surface area contributed by atoms with Gasteiger partial charge in [-0.05, 0) is 18.6 Å². The van der Waals surface area contributed by atoms with Crippen molar-refractivity contribution in [2.24, 2.45) is 0 Å². The van der Waals surface area contributed by atoms with E-state index in [-0.39, 0.29) is 19.4 Å². The Labute approximate surface area is 181 Å². The van der Waals surface area contributed by atoms with Crippen molar-refractivity contribution in [3.8, 4) is 0 Å². The van der Waals surface area contributed by atoms with Crippen LogP contribution in [0.15, 0.2) is 18.2 Å². The van der Waals surface area contributed by atoms with Crippen LogP contribution in [0.25, 0.3) is 0 Å². The summed E-state index contributed by atoms with van der Waals surface area (Å²) in [6, 6.07) is 2.52. The Balaban J connectivity index is 2.17. The molecule has 4 nitrogen and oxygen atoms in total. The highest BCUT2D eigenvalue weighted by atomic mass is 19.4. The van der Waals surface area contributed by atoms with E-state index in [9.17, 15) is 27.2 Å². The fourth-order valence-corrected chi connectivity index (χ4v) is 3.07. The first-order valence-electron chi connectivity index (χ1n) is 10.9. The number of benzene rings is 1. The molecular weight excluding hydrogens is 416 g/mol. The highest BCUT2D eigenvalue weighted by Gasteiger charge is 2.34. The third-order valence-electron chi connectivity index (χ3n) is 4.85. The van der Waals surface area contributed by atoms with E-state index in [2.05, 4.69) is 6.92 Å². The molecule has 0 amide bonds. The summed E-state index contributed by atoms with van der Waals surface area (Å²) in [4.78, 5) is 23.4. The van der Waals surface area contributed by atoms with Crippen molar-refractivity contribution in [2.45, 2.75) is 90.3 Å². The molecule has 0 spiro atoms. The maximum absolute atomic E-state index is 13.7. The third kappa shape index (κ3) is 11.7. The van der Waals surface area contributed by atoms with Gasteiger partial charge in [0.05, 0.1) is 25.0 Å². The molecule has 0 unspecified atom stereocenters. The van der Waals surface area contributed by atoms with Crippen LogP contribution in [0.4, 0.5) is 17.6 Å². The second-order valence-electron chi connectivity index (χ2n) is 7.47. The quantitative estimate of drug-likeness (QED) is 0.169. The summed E-state index contributed by atoms with van der Waals surface area (Å²) < 4.78 is 62.2. The number of unbranched alkanes of at least 4 members (excludes halogenated alkanes) is 8. The first-order chi connectivity index (χ1) is 14.8. The van der Waals surface area contributed by atoms with Crippen molar-refractivity contribution in [3.63, 3.8) is 0 Å². The lowest BCUT2D eigenvalue weighted by molar-refractivity contribution is -0.152. The summed E-state index contributed by atoms with van der Waals surface area (Å²) in [6.07, 6.45) is 4.90. The summed E-state index contributed by atoms with van der Waals surface area (Å²) in [5.41, 5.74) is -1.93. The van der Waals surface area contributed by atoms with E-state index >= 15 is 0 Å². The average Bonchev–Trinajstić information content (AvgIpc) is 2.71. The normalized spacial score (nSPS) is 11.4. The second-order valence-corrected chi connectivity index (χ2v) is 7.47. The van der Waals surface area contributed by atoms with Gasteiger partial charge in [-0.2, -0.15) is 13.2 Å². The van der Waals surface area contributed by atoms with E-state index in [0.717, 1.165) is 37.5 Å². The van der Waals surface area contributed by atoms with E-state index in [1.807, 2.05) is 0 Å². The molecule has 8 heteroatoms. The minimum Gasteiger partial charge on any atom is -0.466 e. The molecule has 0 N–H and O–H groups in total. The number of carbonyl (C=O) groups is 2. The van der Waals surface area contributed by atoms with Crippen LogP contribution in [0, 0.1) is 5.82 Å². The van der Waals surface area contributed by atoms with Crippen molar-refractivity contribution in [3.05, 3.63) is 35.1 Å². The fourth-order valence-electron chi connectivity index (χ4n) is 3.07. The third-order valence-corrected chi connectivity index (χ3v) is 4.85. The van der Waals surface area contributed by atoms with Crippen molar-refractivity contribution in [1.29, 1.82) is 0 Å². The van der Waals surface area contributed by atoms with E-state index in [1.165, 1.54) is 38.5 Å². The number of hydrogen-bond acceptors (Lipinski definition) is 4. The van der Waals surface area contributed by atoms with Crippen LogP contribution in [-0.4, -0.2) is 18.5 Å². The largest absolute Gasteiger partial charge is 0.466 e. The maximum Gasteiger partial charge on any atom is 0.416 e. The molecular formula is C23H32F4O4. The van der Waals surface area contributed by atoms with Gasteiger partial charge in [-0.25, -0.2) is 4.39 Å². The lowest BCUT2D eigenvalue weighted by atomic mass is 10.1. The Hall–Kier alpha value is -2.12. The number of ether oxygens (including phenoxy) is 2. The van der Waals surface area contributed by atoms with Crippen molar-refractivity contribution in [2.75, 3.05) is 6.61 Å². The zero-order valence-electron chi connectivity index (χ0n) is 18.1. The SMILES string of the molecule is CCCCCCCCCCCOC(=O)CCC(=O)OCc1c(F)cccc1C(F)(F)F. The van der Waals surface area contributed by atoms with Crippen LogP contribution in [0.3, 0.4) is 0 Å². The Morgan fingerprint density at radius 3 is 1.97 bits per heavy atom. The van der Waals surface area contributed by atoms with Crippen molar-refractivity contribution in [1.82, 2.24) is 0 Å². The average molecular weight is 448 g/mol. The van der Waals surface area contributed by atoms with Gasteiger partial charge in [0.1, 0.15) is 12.4 Å². The molecule has 0 aromatic heterocycles. The molecule has 0 aliphatic heterocycles. The minimum atomic E-state index is -4.76. The molecule has 0 atom stereocenters.